The van der Waals surface area contributed by atoms with Gasteiger partial charge in [-0.15, -0.1) is 0 Å². The van der Waals surface area contributed by atoms with Crippen LogP contribution in [0.1, 0.15) is 27.9 Å². The minimum absolute atomic E-state index is 0.141. The van der Waals surface area contributed by atoms with Crippen LogP contribution in [0, 0.1) is 12.7 Å². The Bertz CT molecular complexity index is 1740. The Kier molecular flexibility index (Phi) is 8.12. The van der Waals surface area contributed by atoms with E-state index in [1.165, 1.54) is 30.7 Å². The van der Waals surface area contributed by atoms with Gasteiger partial charge in [0.2, 0.25) is 5.95 Å². The summed E-state index contributed by atoms with van der Waals surface area (Å²) < 4.78 is 70.3. The molecule has 0 saturated carbocycles. The zero-order chi connectivity index (χ0) is 31.9. The number of piperazine rings is 1. The molecule has 2 N–H and O–H groups in total. The maximum atomic E-state index is 15.1. The first-order chi connectivity index (χ1) is 21.5. The van der Waals surface area contributed by atoms with E-state index < -0.39 is 29.6 Å². The Balaban J connectivity index is 1.27. The molecule has 2 aromatic carbocycles. The molecule has 1 amide bonds. The lowest BCUT2D eigenvalue weighted by Gasteiger charge is -2.34. The molecule has 0 radical (unpaired) electrons. The highest BCUT2D eigenvalue weighted by Gasteiger charge is 2.37. The first-order valence-corrected chi connectivity index (χ1v) is 14.4. The monoisotopic (exact) mass is 627 g/mol. The van der Waals surface area contributed by atoms with Gasteiger partial charge >= 0.3 is 6.18 Å². The lowest BCUT2D eigenvalue weighted by Crippen LogP contribution is -2.45. The van der Waals surface area contributed by atoms with Crippen molar-refractivity contribution in [3.8, 4) is 0 Å². The van der Waals surface area contributed by atoms with Crippen molar-refractivity contribution in [2.75, 3.05) is 66.7 Å². The number of likely N-dealkylation sites (N-methyl/N-ethyl adjacent to an activating group) is 1. The van der Waals surface area contributed by atoms with Crippen molar-refractivity contribution >= 4 is 45.8 Å². The largest absolute Gasteiger partial charge is 0.419 e. The molecule has 2 aliphatic heterocycles. The molecule has 4 aromatic rings. The average Bonchev–Trinajstić information content (AvgIpc) is 3.45. The summed E-state index contributed by atoms with van der Waals surface area (Å²) in [6.07, 6.45) is -2.67. The minimum Gasteiger partial charge on any atom is -0.367 e. The molecule has 45 heavy (non-hydrogen) atoms. The van der Waals surface area contributed by atoms with Gasteiger partial charge in [0, 0.05) is 49.7 Å². The van der Waals surface area contributed by atoms with Crippen molar-refractivity contribution in [1.82, 2.24) is 24.8 Å². The molecule has 6 rings (SSSR count). The van der Waals surface area contributed by atoms with Crippen LogP contribution in [0.5, 0.6) is 0 Å². The smallest absolute Gasteiger partial charge is 0.367 e. The number of carbonyl (C=O) groups excluding carboxylic acids is 1. The number of halogens is 5. The third kappa shape index (κ3) is 6.43. The summed E-state index contributed by atoms with van der Waals surface area (Å²) in [5.41, 5.74) is 0.365. The summed E-state index contributed by atoms with van der Waals surface area (Å²) >= 11 is 0. The van der Waals surface area contributed by atoms with E-state index in [1.807, 2.05) is 11.9 Å². The first kappa shape index (κ1) is 30.4. The van der Waals surface area contributed by atoms with Gasteiger partial charge < -0.3 is 25.3 Å². The fourth-order valence-electron chi connectivity index (χ4n) is 5.38. The fourth-order valence-corrected chi connectivity index (χ4v) is 5.38. The van der Waals surface area contributed by atoms with Crippen molar-refractivity contribution in [3.63, 3.8) is 0 Å². The topological polar surface area (TPSA) is 102 Å². The summed E-state index contributed by atoms with van der Waals surface area (Å²) in [4.78, 5) is 36.0. The summed E-state index contributed by atoms with van der Waals surface area (Å²) in [6.45, 7) is 4.27. The van der Waals surface area contributed by atoms with E-state index in [4.69, 9.17) is 0 Å². The summed E-state index contributed by atoms with van der Waals surface area (Å²) in [5.74, 6) is -1.39. The van der Waals surface area contributed by atoms with Crippen molar-refractivity contribution in [1.29, 1.82) is 0 Å². The molecule has 1 atom stereocenters. The van der Waals surface area contributed by atoms with Crippen LogP contribution in [0.4, 0.5) is 50.8 Å². The Hall–Kier alpha value is -4.66. The number of nitrogens with zero attached hydrogens (tertiary/aromatic N) is 7. The molecule has 0 aliphatic carbocycles. The SMILES string of the molecule is Cc1ccc(C(=O)Nc2cc(N3CCN(C)CC3)c(F)c(C(F)(F)F)c2)cc1Nc1ncnc2cnc(N3CC[C@H](F)C3)nc12. The molecule has 0 bridgehead atoms. The van der Waals surface area contributed by atoms with Gasteiger partial charge in [-0.2, -0.15) is 13.2 Å². The molecule has 10 nitrogen and oxygen atoms in total. The van der Waals surface area contributed by atoms with Crippen LogP contribution in [0.25, 0.3) is 11.0 Å². The lowest BCUT2D eigenvalue weighted by molar-refractivity contribution is -0.139. The number of amides is 1. The van der Waals surface area contributed by atoms with Crippen LogP contribution >= 0.6 is 0 Å². The van der Waals surface area contributed by atoms with Crippen molar-refractivity contribution in [2.24, 2.45) is 0 Å². The number of nitrogens with one attached hydrogen (secondary N) is 2. The molecule has 4 heterocycles. The molecule has 236 valence electrons. The predicted molar refractivity (Wildman–Crippen MR) is 160 cm³/mol. The highest BCUT2D eigenvalue weighted by Crippen LogP contribution is 2.38. The third-order valence-electron chi connectivity index (χ3n) is 7.99. The zero-order valence-corrected chi connectivity index (χ0v) is 24.5. The third-order valence-corrected chi connectivity index (χ3v) is 7.99. The van der Waals surface area contributed by atoms with Crippen LogP contribution in [0.15, 0.2) is 42.9 Å². The fraction of sp³-hybridized carbons (Fsp3) is 0.367. The summed E-state index contributed by atoms with van der Waals surface area (Å²) in [6, 6.07) is 6.58. The van der Waals surface area contributed by atoms with Gasteiger partial charge in [0.15, 0.2) is 11.6 Å². The maximum absolute atomic E-state index is 15.1. The van der Waals surface area contributed by atoms with Crippen molar-refractivity contribution in [2.45, 2.75) is 25.7 Å². The van der Waals surface area contributed by atoms with Gasteiger partial charge in [0.1, 0.15) is 23.5 Å². The second-order valence-electron chi connectivity index (χ2n) is 11.2. The van der Waals surface area contributed by atoms with Crippen LogP contribution in [0.3, 0.4) is 0 Å². The van der Waals surface area contributed by atoms with Crippen LogP contribution in [0.2, 0.25) is 0 Å². The van der Waals surface area contributed by atoms with E-state index in [9.17, 15) is 22.4 Å². The molecular formula is C30H30F5N9O. The highest BCUT2D eigenvalue weighted by molar-refractivity contribution is 6.05. The lowest BCUT2D eigenvalue weighted by atomic mass is 10.1. The van der Waals surface area contributed by atoms with E-state index >= 15 is 4.39 Å². The number of rotatable bonds is 6. The number of anilines is 5. The van der Waals surface area contributed by atoms with E-state index in [0.717, 1.165) is 5.56 Å². The molecule has 2 fully saturated rings. The molecule has 0 unspecified atom stereocenters. The second kappa shape index (κ2) is 12.0. The number of carbonyl (C=O) groups is 1. The van der Waals surface area contributed by atoms with Gasteiger partial charge in [-0.05, 0) is 50.2 Å². The second-order valence-corrected chi connectivity index (χ2v) is 11.2. The Morgan fingerprint density at radius 1 is 1.00 bits per heavy atom. The van der Waals surface area contributed by atoms with E-state index in [1.54, 1.807) is 22.8 Å². The number of fused-ring (bicyclic) bond motifs is 1. The number of alkyl halides is 4. The molecular weight excluding hydrogens is 597 g/mol. The summed E-state index contributed by atoms with van der Waals surface area (Å²) in [5, 5.41) is 5.69. The highest BCUT2D eigenvalue weighted by atomic mass is 19.4. The van der Waals surface area contributed by atoms with Crippen LogP contribution < -0.4 is 20.4 Å². The Morgan fingerprint density at radius 3 is 2.49 bits per heavy atom. The number of aryl methyl sites for hydroxylation is 1. The van der Waals surface area contributed by atoms with Gasteiger partial charge in [-0.3, -0.25) is 4.79 Å². The number of aromatic nitrogens is 4. The molecule has 2 saturated heterocycles. The zero-order valence-electron chi connectivity index (χ0n) is 24.5. The molecule has 2 aromatic heterocycles. The maximum Gasteiger partial charge on any atom is 0.419 e. The van der Waals surface area contributed by atoms with Gasteiger partial charge in [-0.25, -0.2) is 28.7 Å². The van der Waals surface area contributed by atoms with Crippen molar-refractivity contribution < 1.29 is 26.7 Å². The normalized spacial score (nSPS) is 17.6. The quantitative estimate of drug-likeness (QED) is 0.280. The Morgan fingerprint density at radius 2 is 1.78 bits per heavy atom. The average molecular weight is 628 g/mol. The van der Waals surface area contributed by atoms with Gasteiger partial charge in [-0.1, -0.05) is 6.07 Å². The predicted octanol–water partition coefficient (Wildman–Crippen LogP) is 5.18. The van der Waals surface area contributed by atoms with E-state index in [0.29, 0.717) is 73.7 Å². The van der Waals surface area contributed by atoms with E-state index in [-0.39, 0.29) is 23.5 Å². The molecule has 15 heteroatoms. The standard InChI is InChI=1S/C30H30F5N9O/c1-17-3-4-18(11-22(17)40-27-26-23(37-16-38-27)14-36-29(41-26)44-6-5-19(31)15-44)28(45)39-20-12-21(30(33,34)35)25(32)24(13-20)43-9-7-42(2)8-10-43/h3-4,11-14,16,19H,5-10,15H2,1-2H3,(H,39,45)(H,37,38,40)/t19-/m0/s1. The number of hydrogen-bond donors (Lipinski definition) is 2. The molecule has 2 aliphatic rings. The first-order valence-electron chi connectivity index (χ1n) is 14.4. The van der Waals surface area contributed by atoms with E-state index in [2.05, 4.69) is 30.6 Å². The number of hydrogen-bond acceptors (Lipinski definition) is 9. The van der Waals surface area contributed by atoms with Gasteiger partial charge in [0.05, 0.1) is 24.0 Å². The van der Waals surface area contributed by atoms with Gasteiger partial charge in [0.25, 0.3) is 5.91 Å². The Labute approximate surface area is 255 Å². The minimum atomic E-state index is -4.96. The summed E-state index contributed by atoms with van der Waals surface area (Å²) in [7, 11) is 1.88. The van der Waals surface area contributed by atoms with Crippen LogP contribution in [-0.2, 0) is 6.18 Å². The number of benzene rings is 2. The van der Waals surface area contributed by atoms with Crippen LogP contribution in [-0.4, -0.2) is 83.2 Å². The molecule has 0 spiro atoms. The van der Waals surface area contributed by atoms with Crippen molar-refractivity contribution in [3.05, 3.63) is 65.4 Å².